The number of para-hydroxylation sites is 1. The zero-order chi connectivity index (χ0) is 15.1. The molecule has 0 radical (unpaired) electrons. The first-order valence-electron chi connectivity index (χ1n) is 6.75. The van der Waals surface area contributed by atoms with Gasteiger partial charge in [0, 0.05) is 18.5 Å². The number of ether oxygens (including phenoxy) is 1. The predicted octanol–water partition coefficient (Wildman–Crippen LogP) is 0.855. The van der Waals surface area contributed by atoms with Crippen molar-refractivity contribution in [3.05, 3.63) is 29.8 Å². The van der Waals surface area contributed by atoms with Crippen molar-refractivity contribution in [2.75, 3.05) is 19.7 Å². The van der Waals surface area contributed by atoms with Gasteiger partial charge in [-0.2, -0.15) is 5.10 Å². The lowest BCUT2D eigenvalue weighted by atomic mass is 10.2. The lowest BCUT2D eigenvalue weighted by Crippen LogP contribution is -2.29. The molecule has 1 fully saturated rings. The quantitative estimate of drug-likeness (QED) is 0.463. The highest BCUT2D eigenvalue weighted by Gasteiger charge is 2.19. The Hall–Kier alpha value is -2.15. The van der Waals surface area contributed by atoms with Crippen LogP contribution in [-0.4, -0.2) is 41.8 Å². The molecule has 1 aliphatic heterocycles. The first-order valence-corrected chi connectivity index (χ1v) is 7.16. The van der Waals surface area contributed by atoms with Gasteiger partial charge in [0.1, 0.15) is 12.4 Å². The fourth-order valence-electron chi connectivity index (χ4n) is 2.09. The number of rotatable bonds is 6. The van der Waals surface area contributed by atoms with Gasteiger partial charge < -0.3 is 15.4 Å². The van der Waals surface area contributed by atoms with Crippen LogP contribution in [0.2, 0.25) is 0 Å². The van der Waals surface area contributed by atoms with E-state index < -0.39 is 0 Å². The number of hydrogen-bond acceptors (Lipinski definition) is 4. The molecule has 1 amide bonds. The van der Waals surface area contributed by atoms with Crippen LogP contribution in [0.25, 0.3) is 0 Å². The Balaban J connectivity index is 1.88. The lowest BCUT2D eigenvalue weighted by Gasteiger charge is -2.16. The van der Waals surface area contributed by atoms with Crippen LogP contribution < -0.4 is 15.9 Å². The third-order valence-electron chi connectivity index (χ3n) is 3.09. The third-order valence-corrected chi connectivity index (χ3v) is 3.18. The van der Waals surface area contributed by atoms with Gasteiger partial charge in [-0.3, -0.25) is 10.2 Å². The molecule has 21 heavy (non-hydrogen) atoms. The molecule has 2 rings (SSSR count). The Labute approximate surface area is 128 Å². The van der Waals surface area contributed by atoms with Gasteiger partial charge in [0.05, 0.1) is 12.8 Å². The number of thiocarbonyl (C=S) groups is 1. The van der Waals surface area contributed by atoms with E-state index >= 15 is 0 Å². The molecule has 3 N–H and O–H groups in total. The normalized spacial score (nSPS) is 14.7. The molecule has 0 saturated carbocycles. The van der Waals surface area contributed by atoms with E-state index in [9.17, 15) is 4.79 Å². The van der Waals surface area contributed by atoms with Crippen molar-refractivity contribution in [3.63, 3.8) is 0 Å². The maximum Gasteiger partial charge on any atom is 0.222 e. The standard InChI is InChI=1S/C14H18N4O2S/c15-14(21)17-16-10-11-4-1-2-5-12(11)20-9-8-18-7-3-6-13(18)19/h1-2,4-5,10H,3,6-9H2,(H3,15,17,21). The van der Waals surface area contributed by atoms with E-state index in [2.05, 4.69) is 22.7 Å². The summed E-state index contributed by atoms with van der Waals surface area (Å²) in [6.07, 6.45) is 3.18. The first-order chi connectivity index (χ1) is 10.2. The van der Waals surface area contributed by atoms with Gasteiger partial charge in [0.25, 0.3) is 0 Å². The van der Waals surface area contributed by atoms with Gasteiger partial charge in [-0.25, -0.2) is 0 Å². The number of likely N-dealkylation sites (tertiary alicyclic amines) is 1. The van der Waals surface area contributed by atoms with E-state index in [1.54, 1.807) is 6.21 Å². The van der Waals surface area contributed by atoms with Gasteiger partial charge >= 0.3 is 0 Å². The topological polar surface area (TPSA) is 80.0 Å². The van der Waals surface area contributed by atoms with Crippen molar-refractivity contribution in [1.82, 2.24) is 10.3 Å². The lowest BCUT2D eigenvalue weighted by molar-refractivity contribution is -0.128. The average Bonchev–Trinajstić information content (AvgIpc) is 2.86. The summed E-state index contributed by atoms with van der Waals surface area (Å²) >= 11 is 4.67. The number of carbonyl (C=O) groups is 1. The first kappa shape index (κ1) is 15.2. The van der Waals surface area contributed by atoms with E-state index in [1.807, 2.05) is 29.2 Å². The highest BCUT2D eigenvalue weighted by atomic mass is 32.1. The zero-order valence-electron chi connectivity index (χ0n) is 11.6. The van der Waals surface area contributed by atoms with Crippen LogP contribution in [0, 0.1) is 0 Å². The molecule has 0 atom stereocenters. The van der Waals surface area contributed by atoms with Crippen LogP contribution in [0.3, 0.4) is 0 Å². The summed E-state index contributed by atoms with van der Waals surface area (Å²) in [5, 5.41) is 4.02. The van der Waals surface area contributed by atoms with Crippen LogP contribution in [0.4, 0.5) is 0 Å². The molecule has 1 heterocycles. The highest BCUT2D eigenvalue weighted by molar-refractivity contribution is 7.80. The van der Waals surface area contributed by atoms with Gasteiger partial charge in [0.2, 0.25) is 5.91 Å². The Morgan fingerprint density at radius 3 is 3.05 bits per heavy atom. The largest absolute Gasteiger partial charge is 0.491 e. The second-order valence-electron chi connectivity index (χ2n) is 4.60. The Kier molecular flexibility index (Phi) is 5.51. The summed E-state index contributed by atoms with van der Waals surface area (Å²) in [5.74, 6) is 0.909. The molecular weight excluding hydrogens is 288 g/mol. The van der Waals surface area contributed by atoms with Crippen molar-refractivity contribution in [2.45, 2.75) is 12.8 Å². The SMILES string of the molecule is NC(=S)NN=Cc1ccccc1OCCN1CCCC1=O. The fraction of sp³-hybridized carbons (Fsp3) is 0.357. The van der Waals surface area contributed by atoms with Crippen molar-refractivity contribution in [3.8, 4) is 5.75 Å². The number of nitrogens with two attached hydrogens (primary N) is 1. The van der Waals surface area contributed by atoms with Crippen molar-refractivity contribution in [2.24, 2.45) is 10.8 Å². The summed E-state index contributed by atoms with van der Waals surface area (Å²) in [6.45, 7) is 1.89. The third kappa shape index (κ3) is 4.71. The number of benzene rings is 1. The minimum Gasteiger partial charge on any atom is -0.491 e. The maximum atomic E-state index is 11.5. The van der Waals surface area contributed by atoms with Crippen LogP contribution >= 0.6 is 12.2 Å². The maximum absolute atomic E-state index is 11.5. The van der Waals surface area contributed by atoms with Gasteiger partial charge in [-0.15, -0.1) is 0 Å². The zero-order valence-corrected chi connectivity index (χ0v) is 12.4. The molecule has 0 bridgehead atoms. The molecular formula is C14H18N4O2S. The second kappa shape index (κ2) is 7.58. The summed E-state index contributed by atoms with van der Waals surface area (Å²) in [5.41, 5.74) is 8.61. The molecule has 1 aromatic rings. The molecule has 7 heteroatoms. The molecule has 0 spiro atoms. The molecule has 6 nitrogen and oxygen atoms in total. The van der Waals surface area contributed by atoms with Crippen molar-refractivity contribution >= 4 is 29.5 Å². The van der Waals surface area contributed by atoms with E-state index in [1.165, 1.54) is 0 Å². The average molecular weight is 306 g/mol. The highest BCUT2D eigenvalue weighted by Crippen LogP contribution is 2.16. The van der Waals surface area contributed by atoms with E-state index in [0.717, 1.165) is 18.5 Å². The Bertz CT molecular complexity index is 548. The summed E-state index contributed by atoms with van der Waals surface area (Å²) in [6, 6.07) is 7.50. The molecule has 1 aromatic carbocycles. The smallest absolute Gasteiger partial charge is 0.222 e. The molecule has 112 valence electrons. The number of nitrogens with zero attached hydrogens (tertiary/aromatic N) is 2. The molecule has 0 aliphatic carbocycles. The minimum absolute atomic E-state index is 0.109. The Morgan fingerprint density at radius 1 is 1.52 bits per heavy atom. The number of hydrogen-bond donors (Lipinski definition) is 2. The molecule has 1 aliphatic rings. The van der Waals surface area contributed by atoms with Crippen LogP contribution in [0.5, 0.6) is 5.75 Å². The predicted molar refractivity (Wildman–Crippen MR) is 85.3 cm³/mol. The van der Waals surface area contributed by atoms with Gasteiger partial charge in [-0.1, -0.05) is 12.1 Å². The van der Waals surface area contributed by atoms with Gasteiger partial charge in [0.15, 0.2) is 5.11 Å². The van der Waals surface area contributed by atoms with Gasteiger partial charge in [-0.05, 0) is 30.8 Å². The van der Waals surface area contributed by atoms with Crippen molar-refractivity contribution < 1.29 is 9.53 Å². The van der Waals surface area contributed by atoms with E-state index in [-0.39, 0.29) is 11.0 Å². The molecule has 1 saturated heterocycles. The fourth-order valence-corrected chi connectivity index (χ4v) is 2.14. The minimum atomic E-state index is 0.109. The second-order valence-corrected chi connectivity index (χ2v) is 5.04. The number of nitrogens with one attached hydrogen (secondary N) is 1. The van der Waals surface area contributed by atoms with Crippen molar-refractivity contribution in [1.29, 1.82) is 0 Å². The summed E-state index contributed by atoms with van der Waals surface area (Å²) in [7, 11) is 0. The Morgan fingerprint density at radius 2 is 2.33 bits per heavy atom. The number of hydrazone groups is 1. The monoisotopic (exact) mass is 306 g/mol. The summed E-state index contributed by atoms with van der Waals surface area (Å²) in [4.78, 5) is 13.3. The van der Waals surface area contributed by atoms with E-state index in [0.29, 0.717) is 25.3 Å². The van der Waals surface area contributed by atoms with E-state index in [4.69, 9.17) is 10.5 Å². The number of amides is 1. The number of carbonyl (C=O) groups excluding carboxylic acids is 1. The van der Waals surface area contributed by atoms with Crippen LogP contribution in [-0.2, 0) is 4.79 Å². The van der Waals surface area contributed by atoms with Crippen LogP contribution in [0.15, 0.2) is 29.4 Å². The molecule has 0 aromatic heterocycles. The summed E-state index contributed by atoms with van der Waals surface area (Å²) < 4.78 is 5.73. The van der Waals surface area contributed by atoms with Crippen LogP contribution in [0.1, 0.15) is 18.4 Å². The molecule has 0 unspecified atom stereocenters.